The fourth-order valence-corrected chi connectivity index (χ4v) is 3.39. The van der Waals surface area contributed by atoms with Crippen molar-refractivity contribution < 1.29 is 0 Å². The van der Waals surface area contributed by atoms with E-state index in [1.165, 1.54) is 18.4 Å². The summed E-state index contributed by atoms with van der Waals surface area (Å²) in [7, 11) is 0. The summed E-state index contributed by atoms with van der Waals surface area (Å²) in [6.45, 7) is 7.61. The number of nitrogens with zero attached hydrogens (tertiary/aromatic N) is 4. The van der Waals surface area contributed by atoms with Crippen LogP contribution in [0.15, 0.2) is 36.4 Å². The van der Waals surface area contributed by atoms with E-state index < -0.39 is 0 Å². The summed E-state index contributed by atoms with van der Waals surface area (Å²) in [6, 6.07) is 12.9. The molecule has 4 nitrogen and oxygen atoms in total. The molecule has 4 heteroatoms. The van der Waals surface area contributed by atoms with Crippen LogP contribution in [0.2, 0.25) is 0 Å². The number of hydrogen-bond donors (Lipinski definition) is 0. The number of aromatic nitrogens is 2. The highest BCUT2D eigenvalue weighted by atomic mass is 15.3. The van der Waals surface area contributed by atoms with Crippen LogP contribution in [0.5, 0.6) is 0 Å². The summed E-state index contributed by atoms with van der Waals surface area (Å²) in [4.78, 5) is 14.5. The van der Waals surface area contributed by atoms with Crippen LogP contribution in [-0.2, 0) is 6.42 Å². The Kier molecular flexibility index (Phi) is 4.48. The monoisotopic (exact) mass is 322 g/mol. The summed E-state index contributed by atoms with van der Waals surface area (Å²) in [6.07, 6.45) is 3.66. The summed E-state index contributed by atoms with van der Waals surface area (Å²) in [5.41, 5.74) is 2.54. The number of hydrogen-bond acceptors (Lipinski definition) is 4. The molecule has 1 aliphatic carbocycles. The number of aryl methyl sites for hydroxylation is 1. The van der Waals surface area contributed by atoms with Crippen LogP contribution < -0.4 is 4.90 Å². The standard InChI is InChI=1S/C20H26N4/c1-16-15-19(22-20(21-16)18-7-8-18)24-13-11-23(12-14-24)10-9-17-5-3-2-4-6-17/h2-6,15,18H,7-14H2,1H3. The lowest BCUT2D eigenvalue weighted by molar-refractivity contribution is 0.260. The smallest absolute Gasteiger partial charge is 0.134 e. The van der Waals surface area contributed by atoms with Crippen LogP contribution in [0.1, 0.15) is 35.8 Å². The van der Waals surface area contributed by atoms with Crippen LogP contribution in [0.3, 0.4) is 0 Å². The van der Waals surface area contributed by atoms with E-state index in [9.17, 15) is 0 Å². The molecule has 0 amide bonds. The fourth-order valence-electron chi connectivity index (χ4n) is 3.39. The molecule has 2 aromatic rings. The van der Waals surface area contributed by atoms with Gasteiger partial charge in [-0.25, -0.2) is 9.97 Å². The molecule has 1 saturated carbocycles. The largest absolute Gasteiger partial charge is 0.354 e. The lowest BCUT2D eigenvalue weighted by Gasteiger charge is -2.35. The van der Waals surface area contributed by atoms with Crippen LogP contribution >= 0.6 is 0 Å². The zero-order valence-electron chi connectivity index (χ0n) is 14.5. The lowest BCUT2D eigenvalue weighted by atomic mass is 10.1. The van der Waals surface area contributed by atoms with Crippen LogP contribution in [-0.4, -0.2) is 47.6 Å². The van der Waals surface area contributed by atoms with E-state index in [0.29, 0.717) is 5.92 Å². The zero-order valence-corrected chi connectivity index (χ0v) is 14.5. The Bertz CT molecular complexity index is 673. The highest BCUT2D eigenvalue weighted by Crippen LogP contribution is 2.38. The third-order valence-corrected chi connectivity index (χ3v) is 5.06. The first-order valence-electron chi connectivity index (χ1n) is 9.15. The van der Waals surface area contributed by atoms with E-state index >= 15 is 0 Å². The molecule has 0 unspecified atom stereocenters. The first kappa shape index (κ1) is 15.6. The Hall–Kier alpha value is -1.94. The molecule has 2 fully saturated rings. The predicted octanol–water partition coefficient (Wildman–Crippen LogP) is 3.03. The number of rotatable bonds is 5. The van der Waals surface area contributed by atoms with Crippen molar-refractivity contribution >= 4 is 5.82 Å². The van der Waals surface area contributed by atoms with Crippen molar-refractivity contribution in [3.8, 4) is 0 Å². The quantitative estimate of drug-likeness (QED) is 0.847. The molecule has 1 aromatic heterocycles. The van der Waals surface area contributed by atoms with Crippen molar-refractivity contribution in [3.63, 3.8) is 0 Å². The van der Waals surface area contributed by atoms with Gasteiger partial charge in [-0.05, 0) is 31.7 Å². The van der Waals surface area contributed by atoms with Gasteiger partial charge in [-0.3, -0.25) is 4.90 Å². The second kappa shape index (κ2) is 6.89. The minimum absolute atomic E-state index is 0.621. The van der Waals surface area contributed by atoms with Gasteiger partial charge in [0.15, 0.2) is 0 Å². The molecule has 4 rings (SSSR count). The van der Waals surface area contributed by atoms with Crippen molar-refractivity contribution in [3.05, 3.63) is 53.5 Å². The van der Waals surface area contributed by atoms with E-state index in [1.54, 1.807) is 0 Å². The summed E-state index contributed by atoms with van der Waals surface area (Å²) in [5, 5.41) is 0. The Labute approximate surface area is 144 Å². The van der Waals surface area contributed by atoms with Gasteiger partial charge in [0.25, 0.3) is 0 Å². The van der Waals surface area contributed by atoms with Crippen molar-refractivity contribution in [1.82, 2.24) is 14.9 Å². The number of piperazine rings is 1. The first-order chi connectivity index (χ1) is 11.8. The van der Waals surface area contributed by atoms with Crippen molar-refractivity contribution in [1.29, 1.82) is 0 Å². The third kappa shape index (κ3) is 3.75. The van der Waals surface area contributed by atoms with E-state index in [0.717, 1.165) is 56.5 Å². The molecule has 24 heavy (non-hydrogen) atoms. The topological polar surface area (TPSA) is 32.3 Å². The van der Waals surface area contributed by atoms with Crippen molar-refractivity contribution in [2.45, 2.75) is 32.1 Å². The van der Waals surface area contributed by atoms with Crippen LogP contribution in [0.25, 0.3) is 0 Å². The van der Waals surface area contributed by atoms with Crippen molar-refractivity contribution in [2.24, 2.45) is 0 Å². The number of benzene rings is 1. The average molecular weight is 322 g/mol. The molecule has 1 aliphatic heterocycles. The molecule has 2 heterocycles. The van der Waals surface area contributed by atoms with Gasteiger partial charge in [-0.15, -0.1) is 0 Å². The van der Waals surface area contributed by atoms with E-state index in [-0.39, 0.29) is 0 Å². The maximum Gasteiger partial charge on any atom is 0.134 e. The van der Waals surface area contributed by atoms with E-state index in [2.05, 4.69) is 58.1 Å². The molecule has 126 valence electrons. The van der Waals surface area contributed by atoms with Gasteiger partial charge in [0.2, 0.25) is 0 Å². The molecule has 1 aromatic carbocycles. The molecular formula is C20H26N4. The van der Waals surface area contributed by atoms with Crippen molar-refractivity contribution in [2.75, 3.05) is 37.6 Å². The van der Waals surface area contributed by atoms with Gasteiger partial charge in [0.1, 0.15) is 11.6 Å². The lowest BCUT2D eigenvalue weighted by Crippen LogP contribution is -2.47. The molecular weight excluding hydrogens is 296 g/mol. The normalized spacial score (nSPS) is 18.8. The Morgan fingerprint density at radius 2 is 1.75 bits per heavy atom. The van der Waals surface area contributed by atoms with Gasteiger partial charge in [0.05, 0.1) is 0 Å². The number of anilines is 1. The maximum absolute atomic E-state index is 4.83. The van der Waals surface area contributed by atoms with E-state index in [4.69, 9.17) is 4.98 Å². The molecule has 0 N–H and O–H groups in total. The van der Waals surface area contributed by atoms with Gasteiger partial charge in [-0.1, -0.05) is 30.3 Å². The Morgan fingerprint density at radius 3 is 2.46 bits per heavy atom. The molecule has 2 aliphatic rings. The fraction of sp³-hybridized carbons (Fsp3) is 0.500. The molecule has 0 atom stereocenters. The Balaban J connectivity index is 1.33. The third-order valence-electron chi connectivity index (χ3n) is 5.06. The minimum Gasteiger partial charge on any atom is -0.354 e. The maximum atomic E-state index is 4.83. The molecule has 1 saturated heterocycles. The second-order valence-corrected chi connectivity index (χ2v) is 7.06. The van der Waals surface area contributed by atoms with Gasteiger partial charge in [-0.2, -0.15) is 0 Å². The highest BCUT2D eigenvalue weighted by molar-refractivity contribution is 5.41. The van der Waals surface area contributed by atoms with Gasteiger partial charge < -0.3 is 4.90 Å². The molecule has 0 radical (unpaired) electrons. The average Bonchev–Trinajstić information content (AvgIpc) is 3.46. The summed E-state index contributed by atoms with van der Waals surface area (Å²) >= 11 is 0. The summed E-state index contributed by atoms with van der Waals surface area (Å²) in [5.74, 6) is 2.82. The molecule has 0 spiro atoms. The van der Waals surface area contributed by atoms with E-state index in [1.807, 2.05) is 0 Å². The molecule has 0 bridgehead atoms. The SMILES string of the molecule is Cc1cc(N2CCN(CCc3ccccc3)CC2)nc(C2CC2)n1. The highest BCUT2D eigenvalue weighted by Gasteiger charge is 2.28. The second-order valence-electron chi connectivity index (χ2n) is 7.06. The minimum atomic E-state index is 0.621. The van der Waals surface area contributed by atoms with Crippen LogP contribution in [0.4, 0.5) is 5.82 Å². The van der Waals surface area contributed by atoms with Crippen LogP contribution in [0, 0.1) is 6.92 Å². The van der Waals surface area contributed by atoms with Gasteiger partial charge >= 0.3 is 0 Å². The zero-order chi connectivity index (χ0) is 16.4. The predicted molar refractivity (Wildman–Crippen MR) is 97.5 cm³/mol. The first-order valence-corrected chi connectivity index (χ1v) is 9.15. The van der Waals surface area contributed by atoms with Gasteiger partial charge in [0, 0.05) is 50.4 Å². The Morgan fingerprint density at radius 1 is 1.00 bits per heavy atom. The summed E-state index contributed by atoms with van der Waals surface area (Å²) < 4.78 is 0.